The summed E-state index contributed by atoms with van der Waals surface area (Å²) in [6.07, 6.45) is 0.632. The van der Waals surface area contributed by atoms with E-state index in [1.165, 1.54) is 5.97 Å². The molecule has 0 aliphatic heterocycles. The van der Waals surface area contributed by atoms with Gasteiger partial charge in [-0.1, -0.05) is 0 Å². The van der Waals surface area contributed by atoms with E-state index in [1.807, 2.05) is 19.0 Å². The van der Waals surface area contributed by atoms with Gasteiger partial charge in [0.1, 0.15) is 0 Å². The number of nitrogens with zero attached hydrogens (tertiary/aromatic N) is 3. The molecule has 2 radical (unpaired) electrons. The molecule has 10 heavy (non-hydrogen) atoms. The Hall–Kier alpha value is -0.995. The van der Waals surface area contributed by atoms with Crippen molar-refractivity contribution in [3.05, 3.63) is 0 Å². The fourth-order valence-electron chi connectivity index (χ4n) is 0.274. The second-order valence-electron chi connectivity index (χ2n) is 1.84. The third-order valence-corrected chi connectivity index (χ3v) is 0.671. The SMILES string of the molecule is CN(C)CCC#N.[B]C#N. The first-order valence-electron chi connectivity index (χ1n) is 2.80. The van der Waals surface area contributed by atoms with E-state index in [9.17, 15) is 0 Å². The molecule has 4 heteroatoms. The molecule has 0 saturated heterocycles. The lowest BCUT2D eigenvalue weighted by Gasteiger charge is -2.02. The third-order valence-electron chi connectivity index (χ3n) is 0.671. The molecule has 0 unspecified atom stereocenters. The maximum absolute atomic E-state index is 8.04. The lowest BCUT2D eigenvalue weighted by atomic mass is 10.2. The van der Waals surface area contributed by atoms with Gasteiger partial charge in [0, 0.05) is 13.0 Å². The van der Waals surface area contributed by atoms with Gasteiger partial charge in [-0.3, -0.25) is 0 Å². The van der Waals surface area contributed by atoms with Gasteiger partial charge in [0.25, 0.3) is 0 Å². The molecule has 0 aromatic carbocycles. The molecule has 0 bridgehead atoms. The molecule has 0 aromatic heterocycles. The highest BCUT2D eigenvalue weighted by molar-refractivity contribution is 6.20. The Morgan fingerprint density at radius 2 is 1.80 bits per heavy atom. The minimum absolute atomic E-state index is 0.632. The van der Waals surface area contributed by atoms with Crippen LogP contribution >= 0.6 is 0 Å². The van der Waals surface area contributed by atoms with Crippen molar-refractivity contribution in [2.75, 3.05) is 20.6 Å². The Kier molecular flexibility index (Phi) is 12.8. The molecule has 0 aliphatic carbocycles. The van der Waals surface area contributed by atoms with Gasteiger partial charge in [0.2, 0.25) is 7.85 Å². The summed E-state index contributed by atoms with van der Waals surface area (Å²) < 4.78 is 0. The summed E-state index contributed by atoms with van der Waals surface area (Å²) in [4.78, 5) is 1.99. The molecule has 0 aromatic rings. The first-order valence-corrected chi connectivity index (χ1v) is 2.80. The van der Waals surface area contributed by atoms with Gasteiger partial charge in [-0.25, -0.2) is 5.26 Å². The average Bonchev–Trinajstić information content (AvgIpc) is 1.85. The molecule has 0 fully saturated rings. The fourth-order valence-corrected chi connectivity index (χ4v) is 0.274. The van der Waals surface area contributed by atoms with Gasteiger partial charge in [0.15, 0.2) is 0 Å². The Bertz CT molecular complexity index is 131. The number of hydrogen-bond donors (Lipinski definition) is 0. The molecule has 0 amide bonds. The lowest BCUT2D eigenvalue weighted by Crippen LogP contribution is -2.11. The van der Waals surface area contributed by atoms with E-state index >= 15 is 0 Å². The molecule has 52 valence electrons. The van der Waals surface area contributed by atoms with Gasteiger partial charge in [-0.15, -0.1) is 0 Å². The Morgan fingerprint density at radius 3 is 1.90 bits per heavy atom. The first-order chi connectivity index (χ1) is 4.68. The monoisotopic (exact) mass is 135 g/mol. The van der Waals surface area contributed by atoms with E-state index in [0.717, 1.165) is 6.54 Å². The van der Waals surface area contributed by atoms with Crippen LogP contribution in [0.1, 0.15) is 6.42 Å². The quantitative estimate of drug-likeness (QED) is 0.504. The Morgan fingerprint density at radius 1 is 1.40 bits per heavy atom. The number of hydrogen-bond acceptors (Lipinski definition) is 3. The van der Waals surface area contributed by atoms with Crippen LogP contribution in [-0.4, -0.2) is 33.4 Å². The van der Waals surface area contributed by atoms with Crippen molar-refractivity contribution in [2.45, 2.75) is 6.42 Å². The van der Waals surface area contributed by atoms with Crippen molar-refractivity contribution in [2.24, 2.45) is 0 Å². The van der Waals surface area contributed by atoms with Gasteiger partial charge < -0.3 is 4.90 Å². The minimum Gasteiger partial charge on any atom is -0.308 e. The van der Waals surface area contributed by atoms with E-state index in [4.69, 9.17) is 10.5 Å². The van der Waals surface area contributed by atoms with Crippen LogP contribution in [0.2, 0.25) is 0 Å². The van der Waals surface area contributed by atoms with E-state index in [0.29, 0.717) is 6.42 Å². The summed E-state index contributed by atoms with van der Waals surface area (Å²) in [5, 5.41) is 15.1. The molecule has 3 nitrogen and oxygen atoms in total. The standard InChI is InChI=1S/C5H10N2.CBN/c1-7(2)5-3-4-6;2-1-3/h3,5H2,1-2H3;. The largest absolute Gasteiger partial charge is 0.308 e. The average molecular weight is 135 g/mol. The Labute approximate surface area is 63.3 Å². The molecule has 0 spiro atoms. The van der Waals surface area contributed by atoms with Crippen LogP contribution in [0.4, 0.5) is 0 Å². The predicted molar refractivity (Wildman–Crippen MR) is 40.2 cm³/mol. The van der Waals surface area contributed by atoms with Crippen LogP contribution in [0.5, 0.6) is 0 Å². The van der Waals surface area contributed by atoms with Crippen LogP contribution in [-0.2, 0) is 0 Å². The lowest BCUT2D eigenvalue weighted by molar-refractivity contribution is 0.419. The van der Waals surface area contributed by atoms with Crippen molar-refractivity contribution in [3.8, 4) is 12.0 Å². The molecule has 0 atom stereocenters. The van der Waals surface area contributed by atoms with Crippen LogP contribution < -0.4 is 0 Å². The molecule has 0 aliphatic rings. The van der Waals surface area contributed by atoms with Gasteiger partial charge in [-0.2, -0.15) is 5.26 Å². The molecular weight excluding hydrogens is 125 g/mol. The van der Waals surface area contributed by atoms with Crippen molar-refractivity contribution in [3.63, 3.8) is 0 Å². The second kappa shape index (κ2) is 10.9. The van der Waals surface area contributed by atoms with E-state index in [1.54, 1.807) is 0 Å². The van der Waals surface area contributed by atoms with Gasteiger partial charge in [-0.05, 0) is 20.1 Å². The van der Waals surface area contributed by atoms with E-state index in [2.05, 4.69) is 13.9 Å². The summed E-state index contributed by atoms with van der Waals surface area (Å²) in [5.74, 6) is 1.25. The summed E-state index contributed by atoms with van der Waals surface area (Å²) in [7, 11) is 8.06. The van der Waals surface area contributed by atoms with Crippen molar-refractivity contribution >= 4 is 7.85 Å². The fraction of sp³-hybridized carbons (Fsp3) is 0.667. The molecule has 0 N–H and O–H groups in total. The predicted octanol–water partition coefficient (Wildman–Crippen LogP) is 0.0977. The highest BCUT2D eigenvalue weighted by Crippen LogP contribution is 1.76. The topological polar surface area (TPSA) is 50.8 Å². The zero-order valence-corrected chi connectivity index (χ0v) is 6.33. The van der Waals surface area contributed by atoms with Crippen LogP contribution in [0.25, 0.3) is 0 Å². The summed E-state index contributed by atoms with van der Waals surface area (Å²) in [5.41, 5.74) is 0. The van der Waals surface area contributed by atoms with Gasteiger partial charge in [0.05, 0.1) is 6.07 Å². The number of rotatable bonds is 2. The normalized spacial score (nSPS) is 6.90. The van der Waals surface area contributed by atoms with Gasteiger partial charge >= 0.3 is 0 Å². The smallest absolute Gasteiger partial charge is 0.229 e. The molecule has 0 heterocycles. The second-order valence-corrected chi connectivity index (χ2v) is 1.84. The first kappa shape index (κ1) is 11.8. The molecule has 0 rings (SSSR count). The van der Waals surface area contributed by atoms with E-state index in [-0.39, 0.29) is 0 Å². The van der Waals surface area contributed by atoms with Crippen molar-refractivity contribution in [1.82, 2.24) is 4.90 Å². The third kappa shape index (κ3) is 28.0. The van der Waals surface area contributed by atoms with Crippen LogP contribution in [0.3, 0.4) is 0 Å². The van der Waals surface area contributed by atoms with Crippen LogP contribution in [0, 0.1) is 22.6 Å². The van der Waals surface area contributed by atoms with Crippen molar-refractivity contribution < 1.29 is 0 Å². The number of nitriles is 2. The minimum atomic E-state index is 0.632. The maximum Gasteiger partial charge on any atom is 0.229 e. The molecular formula is C6H10BN3. The van der Waals surface area contributed by atoms with Crippen molar-refractivity contribution in [1.29, 1.82) is 10.5 Å². The summed E-state index contributed by atoms with van der Waals surface area (Å²) >= 11 is 0. The summed E-state index contributed by atoms with van der Waals surface area (Å²) in [6, 6.07) is 2.06. The molecule has 0 saturated carbocycles. The van der Waals surface area contributed by atoms with Crippen LogP contribution in [0.15, 0.2) is 0 Å². The maximum atomic E-state index is 8.04. The zero-order chi connectivity index (χ0) is 8.41. The highest BCUT2D eigenvalue weighted by Gasteiger charge is 1.83. The zero-order valence-electron chi connectivity index (χ0n) is 6.33. The van der Waals surface area contributed by atoms with E-state index < -0.39 is 0 Å². The Balaban J connectivity index is 0. The summed E-state index contributed by atoms with van der Waals surface area (Å²) in [6.45, 7) is 0.872. The highest BCUT2D eigenvalue weighted by atomic mass is 15.0.